The van der Waals surface area contributed by atoms with Crippen LogP contribution in [0.15, 0.2) is 41.4 Å². The minimum absolute atomic E-state index is 0.00553. The molecule has 2 heterocycles. The van der Waals surface area contributed by atoms with Crippen molar-refractivity contribution in [2.24, 2.45) is 5.92 Å². The van der Waals surface area contributed by atoms with E-state index in [1.165, 1.54) is 43.5 Å². The van der Waals surface area contributed by atoms with Crippen molar-refractivity contribution in [1.29, 1.82) is 0 Å². The number of alkyl halides is 3. The number of aliphatic carboxylic acids is 1. The van der Waals surface area contributed by atoms with E-state index in [1.54, 1.807) is 0 Å². The van der Waals surface area contributed by atoms with E-state index in [4.69, 9.17) is 4.74 Å². The average Bonchev–Trinajstić information content (AvgIpc) is 3.68. The number of carboxylic acids is 1. The normalized spacial score (nSPS) is 18.6. The fourth-order valence-corrected chi connectivity index (χ4v) is 5.70. The zero-order chi connectivity index (χ0) is 28.8. The summed E-state index contributed by atoms with van der Waals surface area (Å²) in [5.41, 5.74) is -1.75. The number of carboxylic acid groups (broad SMARTS) is 1. The number of carbonyl (C=O) groups is 2. The van der Waals surface area contributed by atoms with Crippen molar-refractivity contribution in [2.45, 2.75) is 75.1 Å². The maximum Gasteiger partial charge on any atom is 0.427 e. The summed E-state index contributed by atoms with van der Waals surface area (Å²) >= 11 is 0. The first kappa shape index (κ1) is 28.7. The van der Waals surface area contributed by atoms with Crippen LogP contribution in [0.1, 0.15) is 57.2 Å². The highest BCUT2D eigenvalue weighted by Crippen LogP contribution is 2.42. The summed E-state index contributed by atoms with van der Waals surface area (Å²) in [7, 11) is -4.19. The molecule has 9 nitrogen and oxygen atoms in total. The molecule has 2 aliphatic rings. The van der Waals surface area contributed by atoms with Crippen LogP contribution in [0.4, 0.5) is 18.9 Å². The number of anilines is 1. The maximum absolute atomic E-state index is 13.9. The van der Waals surface area contributed by atoms with Crippen LogP contribution >= 0.6 is 0 Å². The molecule has 1 aromatic heterocycles. The molecule has 13 heteroatoms. The number of pyridine rings is 1. The van der Waals surface area contributed by atoms with Crippen LogP contribution in [-0.4, -0.2) is 54.9 Å². The topological polar surface area (TPSA) is 123 Å². The monoisotopic (exact) mass is 570 g/mol. The van der Waals surface area contributed by atoms with E-state index >= 15 is 0 Å². The largest absolute Gasteiger partial charge is 0.486 e. The van der Waals surface area contributed by atoms with Gasteiger partial charge < -0.3 is 14.6 Å². The molecule has 0 spiro atoms. The van der Waals surface area contributed by atoms with E-state index in [0.717, 1.165) is 31.0 Å². The molecule has 1 aliphatic heterocycles. The van der Waals surface area contributed by atoms with Crippen molar-refractivity contribution in [2.75, 3.05) is 10.8 Å². The molecule has 1 fully saturated rings. The number of ether oxygens (including phenoxy) is 2. The minimum atomic E-state index is -4.77. The van der Waals surface area contributed by atoms with Gasteiger partial charge in [-0.2, -0.15) is 13.2 Å². The van der Waals surface area contributed by atoms with Crippen molar-refractivity contribution in [3.8, 4) is 5.75 Å². The number of aromatic nitrogens is 1. The van der Waals surface area contributed by atoms with Gasteiger partial charge in [-0.3, -0.25) is 18.9 Å². The lowest BCUT2D eigenvalue weighted by Crippen LogP contribution is -2.44. The predicted octanol–water partition coefficient (Wildman–Crippen LogP) is 4.45. The zero-order valence-corrected chi connectivity index (χ0v) is 22.4. The van der Waals surface area contributed by atoms with Gasteiger partial charge in [0.05, 0.1) is 29.5 Å². The fourth-order valence-electron chi connectivity index (χ4n) is 4.18. The van der Waals surface area contributed by atoms with Crippen LogP contribution in [0.3, 0.4) is 0 Å². The number of nitrogens with zero attached hydrogens (tertiary/aromatic N) is 2. The Bertz CT molecular complexity index is 1370. The van der Waals surface area contributed by atoms with E-state index in [0.29, 0.717) is 5.69 Å². The van der Waals surface area contributed by atoms with Gasteiger partial charge in [0.25, 0.3) is 10.0 Å². The molecule has 39 heavy (non-hydrogen) atoms. The number of sulfonamides is 1. The van der Waals surface area contributed by atoms with Crippen LogP contribution in [0, 0.1) is 5.92 Å². The first-order valence-corrected chi connectivity index (χ1v) is 13.8. The molecule has 2 atom stereocenters. The lowest BCUT2D eigenvalue weighted by molar-refractivity contribution is -0.257. The fraction of sp³-hybridized carbons (Fsp3) is 0.500. The molecular weight excluding hydrogens is 541 g/mol. The summed E-state index contributed by atoms with van der Waals surface area (Å²) in [5, 5.41) is 9.34. The van der Waals surface area contributed by atoms with Gasteiger partial charge in [-0.05, 0) is 62.9 Å². The number of benzene rings is 1. The van der Waals surface area contributed by atoms with Gasteiger partial charge in [0.15, 0.2) is 0 Å². The maximum atomic E-state index is 13.9. The first-order chi connectivity index (χ1) is 18.1. The summed E-state index contributed by atoms with van der Waals surface area (Å²) in [6.07, 6.45) is -2.82. The number of rotatable bonds is 9. The third kappa shape index (κ3) is 6.29. The SMILES string of the molecule is C[C@@H](C[C@H]1CN(S(=O)(=O)c2ccnc(C3CC3)c2)c2cc(CC(=O)OC(C)(C)C(F)(F)F)ccc2O1)C(=O)O. The summed E-state index contributed by atoms with van der Waals surface area (Å²) in [6, 6.07) is 7.07. The van der Waals surface area contributed by atoms with Gasteiger partial charge in [-0.1, -0.05) is 13.0 Å². The van der Waals surface area contributed by atoms with Gasteiger partial charge in [-0.15, -0.1) is 0 Å². The van der Waals surface area contributed by atoms with Crippen molar-refractivity contribution < 1.29 is 45.8 Å². The van der Waals surface area contributed by atoms with E-state index < -0.39 is 52.2 Å². The Morgan fingerprint density at radius 1 is 1.21 bits per heavy atom. The van der Waals surface area contributed by atoms with E-state index in [-0.39, 0.29) is 40.8 Å². The summed E-state index contributed by atoms with van der Waals surface area (Å²) < 4.78 is 78.8. The van der Waals surface area contributed by atoms with Crippen LogP contribution in [0.2, 0.25) is 0 Å². The van der Waals surface area contributed by atoms with Crippen molar-refractivity contribution in [1.82, 2.24) is 4.98 Å². The minimum Gasteiger partial charge on any atom is -0.486 e. The van der Waals surface area contributed by atoms with Crippen molar-refractivity contribution in [3.63, 3.8) is 0 Å². The van der Waals surface area contributed by atoms with E-state index in [9.17, 15) is 36.3 Å². The van der Waals surface area contributed by atoms with Crippen LogP contribution in [0.5, 0.6) is 5.75 Å². The van der Waals surface area contributed by atoms with Crippen molar-refractivity contribution >= 4 is 27.6 Å². The highest BCUT2D eigenvalue weighted by atomic mass is 32.2. The second-order valence-corrected chi connectivity index (χ2v) is 12.3. The lowest BCUT2D eigenvalue weighted by atomic mass is 10.0. The highest BCUT2D eigenvalue weighted by molar-refractivity contribution is 7.92. The summed E-state index contributed by atoms with van der Waals surface area (Å²) in [6.45, 7) is 2.76. The molecule has 0 unspecified atom stereocenters. The predicted molar refractivity (Wildman–Crippen MR) is 133 cm³/mol. The number of hydrogen-bond donors (Lipinski definition) is 1. The Labute approximate surface area is 224 Å². The second kappa shape index (κ2) is 10.3. The summed E-state index contributed by atoms with van der Waals surface area (Å²) in [5.74, 6) is -2.68. The van der Waals surface area contributed by atoms with Gasteiger partial charge in [0.1, 0.15) is 11.9 Å². The zero-order valence-electron chi connectivity index (χ0n) is 21.6. The van der Waals surface area contributed by atoms with E-state index in [2.05, 4.69) is 9.72 Å². The molecule has 4 rings (SSSR count). The van der Waals surface area contributed by atoms with Gasteiger partial charge in [0, 0.05) is 17.8 Å². The Kier molecular flexibility index (Phi) is 7.58. The second-order valence-electron chi connectivity index (χ2n) is 10.4. The number of esters is 1. The quantitative estimate of drug-likeness (QED) is 0.439. The Balaban J connectivity index is 1.67. The Morgan fingerprint density at radius 2 is 1.90 bits per heavy atom. The Hall–Kier alpha value is -3.35. The third-order valence-electron chi connectivity index (χ3n) is 6.73. The van der Waals surface area contributed by atoms with Gasteiger partial charge in [-0.25, -0.2) is 8.42 Å². The third-order valence-corrected chi connectivity index (χ3v) is 8.51. The standard InChI is InChI=1S/C26H29F3N2O7S/c1-15(24(33)34)10-18-14-31(39(35,36)19-8-9-30-20(13-19)17-5-6-17)21-11-16(4-7-22(21)37-18)12-23(32)38-25(2,3)26(27,28)29/h4,7-9,11,13,15,17-18H,5-6,10,12,14H2,1-3H3,(H,33,34)/t15-,18-/m0/s1. The van der Waals surface area contributed by atoms with Crippen molar-refractivity contribution in [3.05, 3.63) is 47.8 Å². The molecule has 2 aromatic rings. The van der Waals surface area contributed by atoms with Crippen LogP contribution in [-0.2, 0) is 30.8 Å². The lowest BCUT2D eigenvalue weighted by Gasteiger charge is -2.36. The van der Waals surface area contributed by atoms with E-state index in [1.807, 2.05) is 0 Å². The molecule has 0 amide bonds. The highest BCUT2D eigenvalue weighted by Gasteiger charge is 2.50. The number of carbonyl (C=O) groups excluding carboxylic acids is 1. The molecule has 212 valence electrons. The van der Waals surface area contributed by atoms with Gasteiger partial charge in [0.2, 0.25) is 5.60 Å². The Morgan fingerprint density at radius 3 is 2.51 bits per heavy atom. The average molecular weight is 571 g/mol. The number of hydrogen-bond acceptors (Lipinski definition) is 7. The number of fused-ring (bicyclic) bond motifs is 1. The van der Waals surface area contributed by atoms with Crippen LogP contribution < -0.4 is 9.04 Å². The molecule has 1 saturated carbocycles. The molecule has 1 aliphatic carbocycles. The molecule has 0 bridgehead atoms. The summed E-state index contributed by atoms with van der Waals surface area (Å²) in [4.78, 5) is 28.0. The smallest absolute Gasteiger partial charge is 0.427 e. The van der Waals surface area contributed by atoms with Crippen LogP contribution in [0.25, 0.3) is 0 Å². The number of halogens is 3. The molecule has 1 N–H and O–H groups in total. The molecule has 1 aromatic carbocycles. The molecule has 0 radical (unpaired) electrons. The molecule has 0 saturated heterocycles. The van der Waals surface area contributed by atoms with Gasteiger partial charge >= 0.3 is 18.1 Å². The molecular formula is C26H29F3N2O7S. The first-order valence-electron chi connectivity index (χ1n) is 12.4.